The Morgan fingerprint density at radius 2 is 2.50 bits per heavy atom. The molecule has 1 fully saturated rings. The van der Waals surface area contributed by atoms with Crippen LogP contribution in [0, 0.1) is 0 Å². The van der Waals surface area contributed by atoms with Gasteiger partial charge in [0.2, 0.25) is 0 Å². The molecular formula is C6H13BO3. The topological polar surface area (TPSA) is 38.7 Å². The van der Waals surface area contributed by atoms with Crippen LogP contribution in [0.2, 0.25) is 0 Å². The van der Waals surface area contributed by atoms with Crippen LogP contribution in [0.25, 0.3) is 0 Å². The van der Waals surface area contributed by atoms with E-state index in [-0.39, 0.29) is 18.7 Å². The average Bonchev–Trinajstić information content (AvgIpc) is 1.79. The Hall–Kier alpha value is -0.0551. The van der Waals surface area contributed by atoms with Gasteiger partial charge in [0, 0.05) is 6.61 Å². The van der Waals surface area contributed by atoms with E-state index in [0.717, 1.165) is 13.0 Å². The fourth-order valence-corrected chi connectivity index (χ4v) is 0.970. The third-order valence-corrected chi connectivity index (χ3v) is 1.73. The van der Waals surface area contributed by atoms with Crippen molar-refractivity contribution in [3.63, 3.8) is 0 Å². The Bertz CT molecular complexity index is 95.0. The van der Waals surface area contributed by atoms with E-state index >= 15 is 0 Å². The zero-order chi connectivity index (χ0) is 7.40. The highest BCUT2D eigenvalue weighted by Gasteiger charge is 2.24. The lowest BCUT2D eigenvalue weighted by molar-refractivity contribution is -0.112. The Kier molecular flexibility index (Phi) is 3.18. The minimum absolute atomic E-state index is 0.0943. The first kappa shape index (κ1) is 8.05. The molecule has 0 radical (unpaired) electrons. The fourth-order valence-electron chi connectivity index (χ4n) is 0.970. The highest BCUT2D eigenvalue weighted by molar-refractivity contribution is 6.11. The maximum atomic E-state index is 8.42. The molecule has 0 amide bonds. The summed E-state index contributed by atoms with van der Waals surface area (Å²) in [5.41, 5.74) is 0. The molecule has 1 heterocycles. The van der Waals surface area contributed by atoms with Gasteiger partial charge in [-0.3, -0.25) is 0 Å². The Balaban J connectivity index is 2.02. The second-order valence-corrected chi connectivity index (χ2v) is 2.50. The summed E-state index contributed by atoms with van der Waals surface area (Å²) in [7, 11) is 1.97. The Morgan fingerprint density at radius 3 is 2.90 bits per heavy atom. The lowest BCUT2D eigenvalue weighted by atomic mass is 9.90. The lowest BCUT2D eigenvalue weighted by Crippen LogP contribution is -2.40. The predicted octanol–water partition coefficient (Wildman–Crippen LogP) is -1.26. The monoisotopic (exact) mass is 144 g/mol. The third-order valence-electron chi connectivity index (χ3n) is 1.73. The summed E-state index contributed by atoms with van der Waals surface area (Å²) in [6, 6.07) is 0.140. The fraction of sp³-hybridized carbons (Fsp3) is 1.00. The van der Waals surface area contributed by atoms with Gasteiger partial charge in [0.05, 0.1) is 25.3 Å². The van der Waals surface area contributed by atoms with E-state index in [2.05, 4.69) is 0 Å². The number of aliphatic hydroxyl groups is 1. The van der Waals surface area contributed by atoms with Gasteiger partial charge in [0.25, 0.3) is 0 Å². The van der Waals surface area contributed by atoms with Crippen LogP contribution in [0.1, 0.15) is 6.42 Å². The molecule has 0 aromatic carbocycles. The van der Waals surface area contributed by atoms with Crippen LogP contribution < -0.4 is 0 Å². The van der Waals surface area contributed by atoms with Crippen LogP contribution in [-0.4, -0.2) is 44.9 Å². The molecule has 4 heteroatoms. The van der Waals surface area contributed by atoms with Crippen LogP contribution in [0.5, 0.6) is 0 Å². The quantitative estimate of drug-likeness (QED) is 0.500. The zero-order valence-electron chi connectivity index (χ0n) is 6.25. The smallest absolute Gasteiger partial charge is 0.142 e. The molecule has 0 bridgehead atoms. The summed E-state index contributed by atoms with van der Waals surface area (Å²) in [5, 5.41) is 8.42. The van der Waals surface area contributed by atoms with Gasteiger partial charge in [0.1, 0.15) is 7.85 Å². The molecule has 0 saturated carbocycles. The zero-order valence-corrected chi connectivity index (χ0v) is 6.25. The maximum Gasteiger partial charge on any atom is 0.142 e. The molecule has 0 aromatic rings. The molecule has 0 spiro atoms. The normalized spacial score (nSPS) is 27.5. The number of hydrogen-bond donors (Lipinski definition) is 1. The van der Waals surface area contributed by atoms with E-state index in [0.29, 0.717) is 6.61 Å². The van der Waals surface area contributed by atoms with Gasteiger partial charge in [-0.15, -0.1) is 0 Å². The predicted molar refractivity (Wildman–Crippen MR) is 39.7 cm³/mol. The molecule has 0 aromatic heterocycles. The van der Waals surface area contributed by atoms with Crippen molar-refractivity contribution in [2.45, 2.75) is 18.5 Å². The van der Waals surface area contributed by atoms with Gasteiger partial charge in [-0.05, 0) is 6.42 Å². The summed E-state index contributed by atoms with van der Waals surface area (Å²) in [6.07, 6.45) is 1.36. The van der Waals surface area contributed by atoms with Gasteiger partial charge in [-0.25, -0.2) is 0 Å². The standard InChI is InChI=1S/C6H13BO3/c7-6(10-4-2-8)5-1-3-9-5/h5-6,8H,1-4,7H2/t5-,6?/m1/s1. The molecule has 1 N–H and O–H groups in total. The average molecular weight is 144 g/mol. The number of aliphatic hydroxyl groups excluding tert-OH is 1. The molecule has 1 aliphatic heterocycles. The molecule has 1 aliphatic rings. The molecule has 2 atom stereocenters. The summed E-state index contributed by atoms with van der Waals surface area (Å²) in [5.74, 6) is 0. The SMILES string of the molecule is BC(OCCO)[C@H]1CCO1. The van der Waals surface area contributed by atoms with Crippen LogP contribution in [0.3, 0.4) is 0 Å². The van der Waals surface area contributed by atoms with Crippen LogP contribution in [0.15, 0.2) is 0 Å². The van der Waals surface area contributed by atoms with Gasteiger partial charge >= 0.3 is 0 Å². The summed E-state index contributed by atoms with van der Waals surface area (Å²) in [6.45, 7) is 1.37. The maximum absolute atomic E-state index is 8.42. The van der Waals surface area contributed by atoms with Crippen LogP contribution in [-0.2, 0) is 9.47 Å². The first-order chi connectivity index (χ1) is 4.84. The van der Waals surface area contributed by atoms with Gasteiger partial charge in [-0.2, -0.15) is 0 Å². The first-order valence-electron chi connectivity index (χ1n) is 3.68. The van der Waals surface area contributed by atoms with Crippen molar-refractivity contribution in [3.05, 3.63) is 0 Å². The molecule has 10 heavy (non-hydrogen) atoms. The van der Waals surface area contributed by atoms with Crippen molar-refractivity contribution < 1.29 is 14.6 Å². The first-order valence-corrected chi connectivity index (χ1v) is 3.68. The Labute approximate surface area is 61.7 Å². The van der Waals surface area contributed by atoms with Crippen molar-refractivity contribution in [3.8, 4) is 0 Å². The van der Waals surface area contributed by atoms with Crippen molar-refractivity contribution in [1.82, 2.24) is 0 Å². The van der Waals surface area contributed by atoms with Crippen LogP contribution >= 0.6 is 0 Å². The molecule has 0 aliphatic carbocycles. The molecule has 1 unspecified atom stereocenters. The van der Waals surface area contributed by atoms with Crippen molar-refractivity contribution >= 4 is 7.85 Å². The number of rotatable bonds is 4. The molecule has 58 valence electrons. The summed E-state index contributed by atoms with van der Waals surface area (Å²) >= 11 is 0. The second kappa shape index (κ2) is 3.96. The highest BCUT2D eigenvalue weighted by Crippen LogP contribution is 2.15. The van der Waals surface area contributed by atoms with Crippen molar-refractivity contribution in [2.75, 3.05) is 19.8 Å². The van der Waals surface area contributed by atoms with Gasteiger partial charge in [-0.1, -0.05) is 0 Å². The number of ether oxygens (including phenoxy) is 2. The van der Waals surface area contributed by atoms with E-state index in [1.54, 1.807) is 0 Å². The third kappa shape index (κ3) is 1.97. The van der Waals surface area contributed by atoms with E-state index in [4.69, 9.17) is 14.6 Å². The number of hydrogen-bond acceptors (Lipinski definition) is 3. The summed E-state index contributed by atoms with van der Waals surface area (Å²) < 4.78 is 10.4. The van der Waals surface area contributed by atoms with Crippen LogP contribution in [0.4, 0.5) is 0 Å². The van der Waals surface area contributed by atoms with Crippen molar-refractivity contribution in [2.24, 2.45) is 0 Å². The van der Waals surface area contributed by atoms with E-state index in [9.17, 15) is 0 Å². The Morgan fingerprint density at radius 1 is 1.80 bits per heavy atom. The summed E-state index contributed by atoms with van der Waals surface area (Å²) in [4.78, 5) is 0. The second-order valence-electron chi connectivity index (χ2n) is 2.50. The molecule has 1 rings (SSSR count). The van der Waals surface area contributed by atoms with Gasteiger partial charge < -0.3 is 14.6 Å². The van der Waals surface area contributed by atoms with E-state index in [1.807, 2.05) is 7.85 Å². The van der Waals surface area contributed by atoms with E-state index < -0.39 is 0 Å². The van der Waals surface area contributed by atoms with E-state index in [1.165, 1.54) is 0 Å². The minimum atomic E-state index is 0.0943. The minimum Gasteiger partial charge on any atom is -0.394 e. The van der Waals surface area contributed by atoms with Crippen molar-refractivity contribution in [1.29, 1.82) is 0 Å². The lowest BCUT2D eigenvalue weighted by Gasteiger charge is -2.31. The largest absolute Gasteiger partial charge is 0.394 e. The molecule has 3 nitrogen and oxygen atoms in total. The highest BCUT2D eigenvalue weighted by atomic mass is 16.6. The van der Waals surface area contributed by atoms with Gasteiger partial charge in [0.15, 0.2) is 0 Å². The molecule has 1 saturated heterocycles. The molecular weight excluding hydrogens is 131 g/mol.